The van der Waals surface area contributed by atoms with Crippen LogP contribution in [0.2, 0.25) is 0 Å². The van der Waals surface area contributed by atoms with E-state index in [1.807, 2.05) is 4.90 Å². The summed E-state index contributed by atoms with van der Waals surface area (Å²) in [4.78, 5) is 14.1. The van der Waals surface area contributed by atoms with E-state index in [0.29, 0.717) is 30.7 Å². The highest BCUT2D eigenvalue weighted by atomic mass is 32.2. The van der Waals surface area contributed by atoms with Crippen LogP contribution in [-0.4, -0.2) is 45.5 Å². The van der Waals surface area contributed by atoms with Gasteiger partial charge in [-0.15, -0.1) is 0 Å². The molecule has 104 valence electrons. The maximum absolute atomic E-state index is 13.6. The van der Waals surface area contributed by atoms with Crippen molar-refractivity contribution in [3.05, 3.63) is 35.4 Å². The Balaban J connectivity index is 2.12. The molecule has 0 aliphatic carbocycles. The summed E-state index contributed by atoms with van der Waals surface area (Å²) >= 11 is 0. The van der Waals surface area contributed by atoms with Crippen molar-refractivity contribution < 1.29 is 17.8 Å². The summed E-state index contributed by atoms with van der Waals surface area (Å²) in [5.74, 6) is -0.842. The van der Waals surface area contributed by atoms with E-state index >= 15 is 0 Å². The van der Waals surface area contributed by atoms with Gasteiger partial charge in [0, 0.05) is 41.5 Å². The number of carbonyl (C=O) groups is 1. The summed E-state index contributed by atoms with van der Waals surface area (Å²) in [6.45, 7) is 2.81. The summed E-state index contributed by atoms with van der Waals surface area (Å²) in [5.41, 5.74) is -0.0967. The van der Waals surface area contributed by atoms with Gasteiger partial charge in [-0.1, -0.05) is 0 Å². The second-order valence-corrected chi connectivity index (χ2v) is 6.24. The number of Topliss-reactive ketones (excluding diaryl/α,β-unsaturated/α-hetero) is 1. The molecule has 0 amide bonds. The fraction of sp³-hybridized carbons (Fsp3) is 0.462. The van der Waals surface area contributed by atoms with Crippen LogP contribution in [0.15, 0.2) is 18.2 Å². The Morgan fingerprint density at radius 1 is 1.32 bits per heavy atom. The SMILES string of the molecule is CC(C(=O)c1ccc(F)cc1F)N1CCS(=O)CC1. The summed E-state index contributed by atoms with van der Waals surface area (Å²) in [6.07, 6.45) is 0. The van der Waals surface area contributed by atoms with E-state index < -0.39 is 28.5 Å². The molecule has 1 aromatic rings. The lowest BCUT2D eigenvalue weighted by Crippen LogP contribution is -2.46. The molecule has 0 saturated carbocycles. The smallest absolute Gasteiger partial charge is 0.182 e. The molecule has 0 spiro atoms. The van der Waals surface area contributed by atoms with Crippen LogP contribution < -0.4 is 0 Å². The number of hydrogen-bond acceptors (Lipinski definition) is 3. The molecule has 0 N–H and O–H groups in total. The number of hydrogen-bond donors (Lipinski definition) is 0. The fourth-order valence-electron chi connectivity index (χ4n) is 2.12. The molecule has 3 nitrogen and oxygen atoms in total. The van der Waals surface area contributed by atoms with E-state index in [0.717, 1.165) is 6.07 Å². The highest BCUT2D eigenvalue weighted by Crippen LogP contribution is 2.15. The van der Waals surface area contributed by atoms with Crippen LogP contribution >= 0.6 is 0 Å². The lowest BCUT2D eigenvalue weighted by molar-refractivity contribution is 0.0845. The predicted molar refractivity (Wildman–Crippen MR) is 69.6 cm³/mol. The number of ketones is 1. The molecule has 0 bridgehead atoms. The monoisotopic (exact) mass is 287 g/mol. The van der Waals surface area contributed by atoms with Crippen molar-refractivity contribution in [3.63, 3.8) is 0 Å². The number of benzene rings is 1. The van der Waals surface area contributed by atoms with E-state index in [4.69, 9.17) is 0 Å². The minimum atomic E-state index is -0.836. The van der Waals surface area contributed by atoms with Gasteiger partial charge in [-0.3, -0.25) is 13.9 Å². The molecule has 1 aliphatic rings. The first-order valence-electron chi connectivity index (χ1n) is 6.07. The standard InChI is InChI=1S/C13H15F2NO2S/c1-9(16-4-6-19(18)7-5-16)13(17)11-3-2-10(14)8-12(11)15/h2-3,8-9H,4-7H2,1H3. The summed E-state index contributed by atoms with van der Waals surface area (Å²) < 4.78 is 37.6. The first kappa shape index (κ1) is 14.3. The Morgan fingerprint density at radius 3 is 2.53 bits per heavy atom. The molecule has 1 heterocycles. The van der Waals surface area contributed by atoms with E-state index in [1.165, 1.54) is 6.07 Å². The third-order valence-corrected chi connectivity index (χ3v) is 4.61. The molecule has 1 aromatic carbocycles. The molecule has 6 heteroatoms. The molecule has 1 atom stereocenters. The average molecular weight is 287 g/mol. The van der Waals surface area contributed by atoms with Crippen molar-refractivity contribution in [2.45, 2.75) is 13.0 Å². The van der Waals surface area contributed by atoms with Crippen molar-refractivity contribution in [2.75, 3.05) is 24.6 Å². The molecule has 1 unspecified atom stereocenters. The first-order chi connectivity index (χ1) is 8.99. The van der Waals surface area contributed by atoms with Gasteiger partial charge in [-0.05, 0) is 19.1 Å². The van der Waals surface area contributed by atoms with Crippen molar-refractivity contribution in [1.82, 2.24) is 4.90 Å². The minimum absolute atomic E-state index is 0.0967. The van der Waals surface area contributed by atoms with Crippen LogP contribution in [0, 0.1) is 11.6 Å². The Labute approximate surface area is 113 Å². The van der Waals surface area contributed by atoms with Crippen LogP contribution in [0.3, 0.4) is 0 Å². The van der Waals surface area contributed by atoms with Crippen LogP contribution in [0.5, 0.6) is 0 Å². The van der Waals surface area contributed by atoms with Crippen molar-refractivity contribution >= 4 is 16.6 Å². The van der Waals surface area contributed by atoms with Gasteiger partial charge in [0.15, 0.2) is 5.78 Å². The van der Waals surface area contributed by atoms with Gasteiger partial charge in [-0.25, -0.2) is 8.78 Å². The molecule has 0 aromatic heterocycles. The number of halogens is 2. The van der Waals surface area contributed by atoms with E-state index in [-0.39, 0.29) is 11.3 Å². The van der Waals surface area contributed by atoms with Crippen LogP contribution in [0.25, 0.3) is 0 Å². The number of carbonyl (C=O) groups excluding carboxylic acids is 1. The topological polar surface area (TPSA) is 37.4 Å². The van der Waals surface area contributed by atoms with Gasteiger partial charge in [-0.2, -0.15) is 0 Å². The molecule has 2 rings (SSSR count). The zero-order valence-electron chi connectivity index (χ0n) is 10.6. The molecule has 0 radical (unpaired) electrons. The quantitative estimate of drug-likeness (QED) is 0.793. The Morgan fingerprint density at radius 2 is 1.95 bits per heavy atom. The molecule has 19 heavy (non-hydrogen) atoms. The fourth-order valence-corrected chi connectivity index (χ4v) is 3.20. The largest absolute Gasteiger partial charge is 0.292 e. The Hall–Kier alpha value is -1.14. The third-order valence-electron chi connectivity index (χ3n) is 3.34. The normalized spacial score (nSPS) is 19.3. The van der Waals surface area contributed by atoms with Crippen molar-refractivity contribution in [2.24, 2.45) is 0 Å². The number of rotatable bonds is 3. The highest BCUT2D eigenvalue weighted by Gasteiger charge is 2.27. The molecular weight excluding hydrogens is 272 g/mol. The summed E-state index contributed by atoms with van der Waals surface area (Å²) in [5, 5.41) is 0. The van der Waals surface area contributed by atoms with E-state index in [2.05, 4.69) is 0 Å². The second kappa shape index (κ2) is 5.88. The van der Waals surface area contributed by atoms with Crippen LogP contribution in [-0.2, 0) is 10.8 Å². The first-order valence-corrected chi connectivity index (χ1v) is 7.56. The zero-order valence-corrected chi connectivity index (χ0v) is 11.4. The average Bonchev–Trinajstić information content (AvgIpc) is 2.38. The van der Waals surface area contributed by atoms with Gasteiger partial charge in [0.05, 0.1) is 11.6 Å². The molecular formula is C13H15F2NO2S. The lowest BCUT2D eigenvalue weighted by atomic mass is 10.0. The van der Waals surface area contributed by atoms with E-state index in [1.54, 1.807) is 6.92 Å². The lowest BCUT2D eigenvalue weighted by Gasteiger charge is -2.31. The van der Waals surface area contributed by atoms with Crippen LogP contribution in [0.1, 0.15) is 17.3 Å². The molecule has 1 aliphatic heterocycles. The maximum Gasteiger partial charge on any atom is 0.182 e. The summed E-state index contributed by atoms with van der Waals surface area (Å²) in [6, 6.07) is 2.47. The van der Waals surface area contributed by atoms with Crippen molar-refractivity contribution in [3.8, 4) is 0 Å². The third kappa shape index (κ3) is 3.25. The molecule has 1 saturated heterocycles. The van der Waals surface area contributed by atoms with Gasteiger partial charge in [0.2, 0.25) is 0 Å². The predicted octanol–water partition coefficient (Wildman–Crippen LogP) is 1.60. The van der Waals surface area contributed by atoms with E-state index in [9.17, 15) is 17.8 Å². The Bertz CT molecular complexity index is 511. The number of nitrogens with zero attached hydrogens (tertiary/aromatic N) is 1. The van der Waals surface area contributed by atoms with Gasteiger partial charge in [0.1, 0.15) is 11.6 Å². The Kier molecular flexibility index (Phi) is 4.42. The maximum atomic E-state index is 13.6. The minimum Gasteiger partial charge on any atom is -0.292 e. The van der Waals surface area contributed by atoms with Gasteiger partial charge >= 0.3 is 0 Å². The zero-order chi connectivity index (χ0) is 14.0. The highest BCUT2D eigenvalue weighted by molar-refractivity contribution is 7.85. The summed E-state index contributed by atoms with van der Waals surface area (Å²) in [7, 11) is -0.819. The molecule has 1 fully saturated rings. The van der Waals surface area contributed by atoms with Gasteiger partial charge in [0.25, 0.3) is 0 Å². The van der Waals surface area contributed by atoms with Crippen LogP contribution in [0.4, 0.5) is 8.78 Å². The second-order valence-electron chi connectivity index (χ2n) is 4.55. The van der Waals surface area contributed by atoms with Crippen molar-refractivity contribution in [1.29, 1.82) is 0 Å². The van der Waals surface area contributed by atoms with Gasteiger partial charge < -0.3 is 0 Å².